The number of rotatable bonds is 17. The van der Waals surface area contributed by atoms with Crippen LogP contribution in [0.5, 0.6) is 0 Å². The minimum absolute atomic E-state index is 0.0268. The van der Waals surface area contributed by atoms with Crippen LogP contribution in [0, 0.1) is 28.6 Å². The zero-order chi connectivity index (χ0) is 48.9. The van der Waals surface area contributed by atoms with Crippen LogP contribution >= 0.6 is 11.6 Å². The van der Waals surface area contributed by atoms with Gasteiger partial charge in [-0.15, -0.1) is 5.10 Å². The van der Waals surface area contributed by atoms with Crippen LogP contribution in [0.2, 0.25) is 5.02 Å². The van der Waals surface area contributed by atoms with E-state index < -0.39 is 71.5 Å². The number of nitrogens with one attached hydrogen (secondary N) is 6. The van der Waals surface area contributed by atoms with Crippen LogP contribution in [0.4, 0.5) is 37.5 Å². The second-order valence-electron chi connectivity index (χ2n) is 17.7. The number of halogens is 1. The Morgan fingerprint density at radius 3 is 2.29 bits per heavy atom. The largest absolute Gasteiger partial charge is 0.457 e. The van der Waals surface area contributed by atoms with Crippen molar-refractivity contribution in [3.8, 4) is 12.1 Å². The standard InChI is InChI=1S/C43H60ClN13O9/c1-11-47-34-35-49-22-26(21-46)57(35)55-38(54-34)50-29-18-25(20-45)19-30(32(29)44)56-17-15-27(51-40(61)63-10)31(23-56)64-37(59)33(24(2)3)53-36(58)28(52-41(62)66-43(7,8)9)14-12-13-16-48-39(60)65-42(4,5)6/h18-19,22,24,27-28,31,33H,11-17,23H2,1-10H3,(H,48,60)(H,51,61)(H,52,62)(H,53,58)(H2,47,50,54,55)/t27-,28+,31-,33?/m1/s1. The van der Waals surface area contributed by atoms with E-state index in [0.29, 0.717) is 36.5 Å². The molecular formula is C43H60ClN13O9. The first-order valence-electron chi connectivity index (χ1n) is 21.5. The SMILES string of the molecule is CCNc1nc(Nc2cc(C#N)cc(N3CC[C@@H](NC(=O)OC)[C@H](OC(=O)C(NC(=O)[C@H](CCCCNC(=O)OC(C)(C)C)NC(=O)OC(C)(C)C)C(C)C)C3)c2Cl)nn2c(C#N)cnc12. The fourth-order valence-corrected chi connectivity index (χ4v) is 6.99. The minimum atomic E-state index is -1.22. The van der Waals surface area contributed by atoms with E-state index in [1.807, 2.05) is 13.0 Å². The van der Waals surface area contributed by atoms with Gasteiger partial charge in [-0.05, 0) is 92.2 Å². The number of esters is 1. The number of aromatic nitrogens is 4. The number of carbonyl (C=O) groups excluding carboxylic acids is 5. The third-order valence-electron chi connectivity index (χ3n) is 9.72. The number of nitriles is 2. The minimum Gasteiger partial charge on any atom is -0.457 e. The van der Waals surface area contributed by atoms with E-state index in [4.69, 9.17) is 30.5 Å². The lowest BCUT2D eigenvalue weighted by Crippen LogP contribution is -2.58. The number of hydrogen-bond acceptors (Lipinski definition) is 17. The summed E-state index contributed by atoms with van der Waals surface area (Å²) in [5, 5.41) is 41.2. The first kappa shape index (κ1) is 51.8. The van der Waals surface area contributed by atoms with E-state index >= 15 is 0 Å². The normalized spacial score (nSPS) is 15.9. The Morgan fingerprint density at radius 1 is 0.970 bits per heavy atom. The van der Waals surface area contributed by atoms with Crippen molar-refractivity contribution in [2.24, 2.45) is 5.92 Å². The molecule has 1 aliphatic rings. The van der Waals surface area contributed by atoms with Crippen molar-refractivity contribution in [1.29, 1.82) is 10.5 Å². The van der Waals surface area contributed by atoms with Gasteiger partial charge in [-0.3, -0.25) is 4.79 Å². The molecule has 4 rings (SSSR count). The van der Waals surface area contributed by atoms with E-state index in [-0.39, 0.29) is 60.4 Å². The molecule has 0 aliphatic carbocycles. The molecule has 2 aromatic heterocycles. The fourth-order valence-electron chi connectivity index (χ4n) is 6.71. The number of hydrogen-bond donors (Lipinski definition) is 6. The molecule has 0 spiro atoms. The van der Waals surface area contributed by atoms with Crippen LogP contribution < -0.4 is 36.8 Å². The Balaban J connectivity index is 1.57. The maximum Gasteiger partial charge on any atom is 0.408 e. The number of ether oxygens (including phenoxy) is 4. The van der Waals surface area contributed by atoms with Gasteiger partial charge in [0.25, 0.3) is 0 Å². The molecule has 0 bridgehead atoms. The maximum atomic E-state index is 14.2. The average Bonchev–Trinajstić information content (AvgIpc) is 3.65. The summed E-state index contributed by atoms with van der Waals surface area (Å²) >= 11 is 7.05. The highest BCUT2D eigenvalue weighted by atomic mass is 35.5. The lowest BCUT2D eigenvalue weighted by atomic mass is 9.99. The highest BCUT2D eigenvalue weighted by Gasteiger charge is 2.38. The lowest BCUT2D eigenvalue weighted by molar-refractivity contribution is -0.156. The number of amides is 4. The Bertz CT molecular complexity index is 2310. The number of benzene rings is 1. The number of unbranched alkanes of at least 4 members (excludes halogenated alkanes) is 1. The second-order valence-corrected chi connectivity index (χ2v) is 18.1. The number of methoxy groups -OCH3 is 1. The molecule has 23 heteroatoms. The van der Waals surface area contributed by atoms with Gasteiger partial charge in [-0.25, -0.2) is 24.2 Å². The van der Waals surface area contributed by atoms with Crippen molar-refractivity contribution in [2.75, 3.05) is 48.8 Å². The van der Waals surface area contributed by atoms with Crippen LogP contribution in [0.15, 0.2) is 18.3 Å². The first-order chi connectivity index (χ1) is 31.1. The van der Waals surface area contributed by atoms with Crippen molar-refractivity contribution in [3.05, 3.63) is 34.6 Å². The third-order valence-corrected chi connectivity index (χ3v) is 10.1. The van der Waals surface area contributed by atoms with Gasteiger partial charge >= 0.3 is 24.2 Å². The smallest absolute Gasteiger partial charge is 0.408 e. The predicted molar refractivity (Wildman–Crippen MR) is 243 cm³/mol. The fraction of sp³-hybridized carbons (Fsp3) is 0.581. The van der Waals surface area contributed by atoms with Crippen LogP contribution in [-0.2, 0) is 28.5 Å². The molecule has 4 amide bonds. The second kappa shape index (κ2) is 22.9. The van der Waals surface area contributed by atoms with Gasteiger partial charge in [-0.1, -0.05) is 25.4 Å². The topological polar surface area (TPSA) is 288 Å². The van der Waals surface area contributed by atoms with E-state index in [1.165, 1.54) is 23.9 Å². The lowest BCUT2D eigenvalue weighted by Gasteiger charge is -2.40. The van der Waals surface area contributed by atoms with Crippen LogP contribution in [0.3, 0.4) is 0 Å². The van der Waals surface area contributed by atoms with Crippen molar-refractivity contribution in [3.63, 3.8) is 0 Å². The van der Waals surface area contributed by atoms with E-state index in [0.717, 1.165) is 0 Å². The summed E-state index contributed by atoms with van der Waals surface area (Å²) in [6, 6.07) is 4.16. The highest BCUT2D eigenvalue weighted by molar-refractivity contribution is 6.36. The summed E-state index contributed by atoms with van der Waals surface area (Å²) in [6.07, 6.45) is -0.661. The van der Waals surface area contributed by atoms with E-state index in [9.17, 15) is 34.5 Å². The Labute approximate surface area is 388 Å². The van der Waals surface area contributed by atoms with E-state index in [2.05, 4.69) is 53.0 Å². The number of nitrogens with zero attached hydrogens (tertiary/aromatic N) is 7. The average molecular weight is 938 g/mol. The van der Waals surface area contributed by atoms with Gasteiger partial charge in [0.05, 0.1) is 53.9 Å². The van der Waals surface area contributed by atoms with Crippen LogP contribution in [-0.4, -0.2) is 118 Å². The number of alkyl carbamates (subject to hydrolysis) is 3. The van der Waals surface area contributed by atoms with Crippen LogP contribution in [0.1, 0.15) is 99.3 Å². The predicted octanol–water partition coefficient (Wildman–Crippen LogP) is 5.27. The summed E-state index contributed by atoms with van der Waals surface area (Å²) in [4.78, 5) is 76.2. The molecule has 1 fully saturated rings. The first-order valence-corrected chi connectivity index (χ1v) is 21.9. The molecule has 4 atom stereocenters. The molecule has 358 valence electrons. The summed E-state index contributed by atoms with van der Waals surface area (Å²) in [5.41, 5.74) is -0.193. The number of piperidine rings is 1. The Kier molecular flexibility index (Phi) is 18.0. The monoisotopic (exact) mass is 937 g/mol. The molecule has 6 N–H and O–H groups in total. The Hall–Kier alpha value is -6.81. The van der Waals surface area contributed by atoms with Gasteiger partial charge in [0.2, 0.25) is 11.9 Å². The molecule has 0 radical (unpaired) electrons. The summed E-state index contributed by atoms with van der Waals surface area (Å²) in [7, 11) is 1.20. The molecule has 1 saturated heterocycles. The Morgan fingerprint density at radius 2 is 1.67 bits per heavy atom. The number of carbonyl (C=O) groups is 5. The van der Waals surface area contributed by atoms with Gasteiger partial charge in [-0.2, -0.15) is 20.0 Å². The van der Waals surface area contributed by atoms with Crippen molar-refractivity contribution < 1.29 is 42.9 Å². The van der Waals surface area contributed by atoms with Gasteiger partial charge in [0.15, 0.2) is 17.2 Å². The molecule has 1 unspecified atom stereocenters. The van der Waals surface area contributed by atoms with Crippen LogP contribution in [0.25, 0.3) is 5.65 Å². The van der Waals surface area contributed by atoms with Gasteiger partial charge in [0, 0.05) is 19.6 Å². The van der Waals surface area contributed by atoms with Gasteiger partial charge < -0.3 is 55.7 Å². The molecule has 0 saturated carbocycles. The number of imidazole rings is 1. The van der Waals surface area contributed by atoms with E-state index in [1.54, 1.807) is 66.4 Å². The molecular weight excluding hydrogens is 878 g/mol. The van der Waals surface area contributed by atoms with Crippen molar-refractivity contribution >= 4 is 70.5 Å². The number of anilines is 4. The summed E-state index contributed by atoms with van der Waals surface area (Å²) < 4.78 is 23.0. The number of fused-ring (bicyclic) bond motifs is 1. The zero-order valence-corrected chi connectivity index (χ0v) is 39.7. The van der Waals surface area contributed by atoms with Gasteiger partial charge in [0.1, 0.15) is 35.5 Å². The van der Waals surface area contributed by atoms with Crippen molar-refractivity contribution in [1.82, 2.24) is 40.8 Å². The molecule has 22 nitrogen and oxygen atoms in total. The molecule has 3 aromatic rings. The molecule has 3 heterocycles. The summed E-state index contributed by atoms with van der Waals surface area (Å²) in [6.45, 7) is 16.6. The highest BCUT2D eigenvalue weighted by Crippen LogP contribution is 2.37. The zero-order valence-electron chi connectivity index (χ0n) is 39.0. The quantitative estimate of drug-likeness (QED) is 0.0571. The molecule has 66 heavy (non-hydrogen) atoms. The maximum absolute atomic E-state index is 14.2. The summed E-state index contributed by atoms with van der Waals surface area (Å²) in [5.74, 6) is -1.61. The molecule has 1 aliphatic heterocycles. The third kappa shape index (κ3) is 14.9. The van der Waals surface area contributed by atoms with Crippen molar-refractivity contribution in [2.45, 2.75) is 123 Å². The molecule has 1 aromatic carbocycles.